The summed E-state index contributed by atoms with van der Waals surface area (Å²) in [7, 11) is 3.09. The normalized spacial score (nSPS) is 13.6. The molecule has 0 aliphatic carbocycles. The number of hydrogen-bond acceptors (Lipinski definition) is 6. The largest absolute Gasteiger partial charge is 0.495 e. The van der Waals surface area contributed by atoms with Gasteiger partial charge in [0.15, 0.2) is 0 Å². The molecule has 1 aromatic carbocycles. The average molecular weight is 405 g/mol. The fourth-order valence-electron chi connectivity index (χ4n) is 3.15. The molecule has 8 heteroatoms. The number of nitrogens with zero attached hydrogens (tertiary/aromatic N) is 3. The van der Waals surface area contributed by atoms with Crippen LogP contribution in [0.4, 0.5) is 11.6 Å². The van der Waals surface area contributed by atoms with Gasteiger partial charge in [-0.15, -0.1) is 0 Å². The van der Waals surface area contributed by atoms with E-state index < -0.39 is 0 Å². The van der Waals surface area contributed by atoms with Crippen molar-refractivity contribution in [2.75, 3.05) is 37.9 Å². The predicted octanol–water partition coefficient (Wildman–Crippen LogP) is 4.41. The summed E-state index contributed by atoms with van der Waals surface area (Å²) in [6.45, 7) is 1.88. The Hall–Kier alpha value is -2.44. The topological polar surface area (TPSA) is 73.5 Å². The molecule has 1 aliphatic rings. The Labute approximate surface area is 166 Å². The highest BCUT2D eigenvalue weighted by Crippen LogP contribution is 2.46. The molecule has 0 spiro atoms. The summed E-state index contributed by atoms with van der Waals surface area (Å²) in [5.41, 5.74) is 7.09. The third-order valence-corrected chi connectivity index (χ3v) is 5.45. The molecule has 1 fully saturated rings. The van der Waals surface area contributed by atoms with Gasteiger partial charge < -0.3 is 20.1 Å². The summed E-state index contributed by atoms with van der Waals surface area (Å²) in [6, 6.07) is 5.40. The molecular weight excluding hydrogens is 387 g/mol. The van der Waals surface area contributed by atoms with Crippen molar-refractivity contribution in [2.45, 2.75) is 6.42 Å². The first-order valence-corrected chi connectivity index (χ1v) is 9.20. The predicted molar refractivity (Wildman–Crippen MR) is 109 cm³/mol. The Morgan fingerprint density at radius 1 is 1.04 bits per heavy atom. The van der Waals surface area contributed by atoms with E-state index in [1.165, 1.54) is 0 Å². The van der Waals surface area contributed by atoms with E-state index in [0.717, 1.165) is 36.1 Å². The maximum atomic E-state index is 6.58. The zero-order chi connectivity index (χ0) is 19.1. The summed E-state index contributed by atoms with van der Waals surface area (Å²) < 4.78 is 10.8. The molecule has 0 bridgehead atoms. The first-order chi connectivity index (χ1) is 13.0. The number of methoxy groups -OCH3 is 2. The molecule has 27 heavy (non-hydrogen) atoms. The number of fused-ring (bicyclic) bond motifs is 1. The summed E-state index contributed by atoms with van der Waals surface area (Å²) >= 11 is 13.2. The number of pyridine rings is 2. The van der Waals surface area contributed by atoms with Crippen LogP contribution in [0.3, 0.4) is 0 Å². The third-order valence-electron chi connectivity index (χ3n) is 4.70. The number of hydrogen-bond donors (Lipinski definition) is 1. The molecule has 4 rings (SSSR count). The summed E-state index contributed by atoms with van der Waals surface area (Å²) in [6.07, 6.45) is 2.86. The number of nitrogen functional groups attached to an aromatic ring is 1. The van der Waals surface area contributed by atoms with Crippen LogP contribution >= 0.6 is 23.2 Å². The SMILES string of the molecule is COc1cc(OC)c(Cl)c(-c2cc3cnc(N)cc3c(N3CCC3)n2)c1Cl. The number of rotatable bonds is 4. The van der Waals surface area contributed by atoms with Crippen molar-refractivity contribution in [1.29, 1.82) is 0 Å². The Kier molecular flexibility index (Phi) is 4.61. The van der Waals surface area contributed by atoms with Crippen molar-refractivity contribution in [3.05, 3.63) is 34.4 Å². The van der Waals surface area contributed by atoms with Gasteiger partial charge in [-0.3, -0.25) is 0 Å². The number of benzene rings is 1. The van der Waals surface area contributed by atoms with Crippen molar-refractivity contribution in [3.8, 4) is 22.8 Å². The Balaban J connectivity index is 2.01. The Morgan fingerprint density at radius 2 is 1.70 bits per heavy atom. The van der Waals surface area contributed by atoms with Gasteiger partial charge >= 0.3 is 0 Å². The lowest BCUT2D eigenvalue weighted by Crippen LogP contribution is -2.37. The highest BCUT2D eigenvalue weighted by Gasteiger charge is 2.24. The van der Waals surface area contributed by atoms with Crippen LogP contribution in [0.2, 0.25) is 10.0 Å². The molecule has 3 heterocycles. The molecule has 2 aromatic heterocycles. The number of anilines is 2. The van der Waals surface area contributed by atoms with Gasteiger partial charge in [0.1, 0.15) is 23.1 Å². The van der Waals surface area contributed by atoms with Gasteiger partial charge in [0, 0.05) is 41.7 Å². The monoisotopic (exact) mass is 404 g/mol. The average Bonchev–Trinajstić information content (AvgIpc) is 2.61. The van der Waals surface area contributed by atoms with E-state index in [4.69, 9.17) is 43.4 Å². The summed E-state index contributed by atoms with van der Waals surface area (Å²) in [5, 5.41) is 2.62. The zero-order valence-corrected chi connectivity index (χ0v) is 16.4. The maximum Gasteiger partial charge on any atom is 0.141 e. The number of aromatic nitrogens is 2. The minimum absolute atomic E-state index is 0.383. The molecule has 1 aliphatic heterocycles. The molecule has 0 radical (unpaired) electrons. The van der Waals surface area contributed by atoms with Crippen molar-refractivity contribution < 1.29 is 9.47 Å². The molecule has 0 atom stereocenters. The van der Waals surface area contributed by atoms with Crippen molar-refractivity contribution in [2.24, 2.45) is 0 Å². The molecule has 3 aromatic rings. The minimum atomic E-state index is 0.383. The minimum Gasteiger partial charge on any atom is -0.495 e. The zero-order valence-electron chi connectivity index (χ0n) is 14.9. The van der Waals surface area contributed by atoms with Crippen LogP contribution in [-0.4, -0.2) is 37.3 Å². The first kappa shape index (κ1) is 17.9. The van der Waals surface area contributed by atoms with Crippen molar-refractivity contribution >= 4 is 45.6 Å². The lowest BCUT2D eigenvalue weighted by atomic mass is 10.1. The molecule has 6 nitrogen and oxygen atoms in total. The highest BCUT2D eigenvalue weighted by atomic mass is 35.5. The molecule has 140 valence electrons. The van der Waals surface area contributed by atoms with Gasteiger partial charge in [-0.2, -0.15) is 0 Å². The standard InChI is InChI=1S/C19H18Cl2N4O2/c1-26-13-8-14(27-2)18(21)16(17(13)20)12-6-10-9-23-15(22)7-11(10)19(24-12)25-4-3-5-25/h6-9H,3-5H2,1-2H3,(H2,22,23). The van der Waals surface area contributed by atoms with E-state index in [9.17, 15) is 0 Å². The van der Waals surface area contributed by atoms with Gasteiger partial charge in [-0.05, 0) is 18.6 Å². The molecule has 0 amide bonds. The van der Waals surface area contributed by atoms with Gasteiger partial charge in [-0.1, -0.05) is 23.2 Å². The van der Waals surface area contributed by atoms with Crippen LogP contribution in [0.15, 0.2) is 24.4 Å². The van der Waals surface area contributed by atoms with Gasteiger partial charge in [0.2, 0.25) is 0 Å². The Morgan fingerprint density at radius 3 is 2.26 bits per heavy atom. The van der Waals surface area contributed by atoms with Crippen LogP contribution in [0.1, 0.15) is 6.42 Å². The van der Waals surface area contributed by atoms with Gasteiger partial charge in [0.05, 0.1) is 30.0 Å². The second-order valence-corrected chi connectivity index (χ2v) is 7.04. The Bertz CT molecular complexity index is 1010. The summed E-state index contributed by atoms with van der Waals surface area (Å²) in [5.74, 6) is 2.24. The van der Waals surface area contributed by atoms with Crippen molar-refractivity contribution in [3.63, 3.8) is 0 Å². The van der Waals surface area contributed by atoms with Crippen LogP contribution < -0.4 is 20.1 Å². The maximum absolute atomic E-state index is 6.58. The second kappa shape index (κ2) is 6.94. The van der Waals surface area contributed by atoms with Crippen LogP contribution in [0, 0.1) is 0 Å². The van der Waals surface area contributed by atoms with E-state index in [0.29, 0.717) is 38.6 Å². The van der Waals surface area contributed by atoms with E-state index in [1.807, 2.05) is 12.1 Å². The van der Waals surface area contributed by atoms with Gasteiger partial charge in [0.25, 0.3) is 0 Å². The number of nitrogens with two attached hydrogens (primary N) is 1. The lowest BCUT2D eigenvalue weighted by Gasteiger charge is -2.33. The van der Waals surface area contributed by atoms with E-state index >= 15 is 0 Å². The fraction of sp³-hybridized carbons (Fsp3) is 0.263. The van der Waals surface area contributed by atoms with Crippen LogP contribution in [0.25, 0.3) is 22.0 Å². The second-order valence-electron chi connectivity index (χ2n) is 6.29. The smallest absolute Gasteiger partial charge is 0.141 e. The fourth-order valence-corrected chi connectivity index (χ4v) is 3.85. The lowest BCUT2D eigenvalue weighted by molar-refractivity contribution is 0.395. The summed E-state index contributed by atoms with van der Waals surface area (Å²) in [4.78, 5) is 11.3. The van der Waals surface area contributed by atoms with Crippen LogP contribution in [0.5, 0.6) is 11.5 Å². The van der Waals surface area contributed by atoms with E-state index in [-0.39, 0.29) is 0 Å². The van der Waals surface area contributed by atoms with E-state index in [2.05, 4.69) is 9.88 Å². The molecule has 0 unspecified atom stereocenters. The molecule has 0 saturated carbocycles. The number of ether oxygens (including phenoxy) is 2. The number of halogens is 2. The highest BCUT2D eigenvalue weighted by molar-refractivity contribution is 6.41. The first-order valence-electron chi connectivity index (χ1n) is 8.45. The third kappa shape index (κ3) is 2.99. The van der Waals surface area contributed by atoms with Crippen LogP contribution in [-0.2, 0) is 0 Å². The van der Waals surface area contributed by atoms with E-state index in [1.54, 1.807) is 26.5 Å². The molecule has 2 N–H and O–H groups in total. The molecular formula is C19H18Cl2N4O2. The van der Waals surface area contributed by atoms with Crippen molar-refractivity contribution in [1.82, 2.24) is 9.97 Å². The molecule has 1 saturated heterocycles. The quantitative estimate of drug-likeness (QED) is 0.693. The van der Waals surface area contributed by atoms with Gasteiger partial charge in [-0.25, -0.2) is 9.97 Å².